The second-order valence-electron chi connectivity index (χ2n) is 2.31. The van der Waals surface area contributed by atoms with Gasteiger partial charge < -0.3 is 4.90 Å². The maximum Gasteiger partial charge on any atom is 0.313 e. The van der Waals surface area contributed by atoms with Gasteiger partial charge in [-0.2, -0.15) is 0 Å². The van der Waals surface area contributed by atoms with Crippen LogP contribution in [0.5, 0.6) is 0 Å². The van der Waals surface area contributed by atoms with E-state index in [1.807, 2.05) is 6.41 Å². The standard InChI is InChI=1S/C6H11N2O/c1-8(5-9)6-3-2-4-7-6/h6-7H,2-4H2,1H3. The summed E-state index contributed by atoms with van der Waals surface area (Å²) in [5.41, 5.74) is 0. The SMILES string of the molecule is CN([C]=O)C1CCCN1. The average Bonchev–Trinajstić information content (AvgIpc) is 2.37. The highest BCUT2D eigenvalue weighted by Gasteiger charge is 2.17. The summed E-state index contributed by atoms with van der Waals surface area (Å²) < 4.78 is 0. The molecule has 1 unspecified atom stereocenters. The van der Waals surface area contributed by atoms with Gasteiger partial charge in [-0.1, -0.05) is 0 Å². The predicted octanol–water partition coefficient (Wildman–Crippen LogP) is -0.305. The van der Waals surface area contributed by atoms with Gasteiger partial charge in [0.05, 0.1) is 6.17 Å². The fourth-order valence-corrected chi connectivity index (χ4v) is 1.06. The van der Waals surface area contributed by atoms with Crippen molar-refractivity contribution in [1.82, 2.24) is 10.2 Å². The normalized spacial score (nSPS) is 26.1. The van der Waals surface area contributed by atoms with Crippen molar-refractivity contribution in [3.63, 3.8) is 0 Å². The van der Waals surface area contributed by atoms with Crippen molar-refractivity contribution in [3.05, 3.63) is 0 Å². The predicted molar refractivity (Wildman–Crippen MR) is 34.5 cm³/mol. The smallest absolute Gasteiger partial charge is 0.313 e. The third-order valence-electron chi connectivity index (χ3n) is 1.65. The molecule has 1 fully saturated rings. The first-order chi connectivity index (χ1) is 4.34. The Labute approximate surface area is 55.0 Å². The van der Waals surface area contributed by atoms with Crippen LogP contribution in [0.15, 0.2) is 0 Å². The van der Waals surface area contributed by atoms with Gasteiger partial charge in [-0.3, -0.25) is 10.1 Å². The maximum atomic E-state index is 10.1. The lowest BCUT2D eigenvalue weighted by Gasteiger charge is -2.17. The highest BCUT2D eigenvalue weighted by Crippen LogP contribution is 2.05. The minimum atomic E-state index is 0.238. The molecule has 1 atom stereocenters. The minimum Gasteiger partial charge on any atom is -0.322 e. The molecule has 1 N–H and O–H groups in total. The first-order valence-corrected chi connectivity index (χ1v) is 3.18. The zero-order valence-electron chi connectivity index (χ0n) is 5.55. The largest absolute Gasteiger partial charge is 0.322 e. The Bertz CT molecular complexity index is 99.2. The van der Waals surface area contributed by atoms with E-state index in [1.165, 1.54) is 0 Å². The Kier molecular flexibility index (Phi) is 2.05. The van der Waals surface area contributed by atoms with Crippen LogP contribution in [0.3, 0.4) is 0 Å². The molecular formula is C6H11N2O. The van der Waals surface area contributed by atoms with Crippen LogP contribution in [-0.2, 0) is 4.79 Å². The van der Waals surface area contributed by atoms with Crippen LogP contribution in [0.4, 0.5) is 0 Å². The molecule has 0 spiro atoms. The first kappa shape index (κ1) is 6.55. The Morgan fingerprint density at radius 3 is 3.00 bits per heavy atom. The van der Waals surface area contributed by atoms with E-state index in [2.05, 4.69) is 5.32 Å². The van der Waals surface area contributed by atoms with Crippen molar-refractivity contribution >= 4 is 6.41 Å². The third-order valence-corrected chi connectivity index (χ3v) is 1.65. The Morgan fingerprint density at radius 2 is 2.56 bits per heavy atom. The van der Waals surface area contributed by atoms with Crippen LogP contribution in [0.2, 0.25) is 0 Å². The fraction of sp³-hybridized carbons (Fsp3) is 0.833. The van der Waals surface area contributed by atoms with Crippen molar-refractivity contribution in [2.75, 3.05) is 13.6 Å². The zero-order valence-corrected chi connectivity index (χ0v) is 5.55. The van der Waals surface area contributed by atoms with E-state index in [0.717, 1.165) is 19.4 Å². The van der Waals surface area contributed by atoms with Gasteiger partial charge in [-0.15, -0.1) is 0 Å². The van der Waals surface area contributed by atoms with Gasteiger partial charge in [0.25, 0.3) is 0 Å². The van der Waals surface area contributed by atoms with E-state index >= 15 is 0 Å². The number of rotatable bonds is 2. The van der Waals surface area contributed by atoms with E-state index in [0.29, 0.717) is 0 Å². The average molecular weight is 127 g/mol. The molecule has 1 amide bonds. The van der Waals surface area contributed by atoms with Crippen molar-refractivity contribution in [2.45, 2.75) is 19.0 Å². The van der Waals surface area contributed by atoms with Crippen molar-refractivity contribution < 1.29 is 4.79 Å². The molecule has 0 saturated carbocycles. The van der Waals surface area contributed by atoms with E-state index < -0.39 is 0 Å². The van der Waals surface area contributed by atoms with E-state index in [9.17, 15) is 4.79 Å². The molecule has 0 aromatic heterocycles. The molecular weight excluding hydrogens is 116 g/mol. The summed E-state index contributed by atoms with van der Waals surface area (Å²) in [5, 5.41) is 3.17. The Balaban J connectivity index is 2.32. The van der Waals surface area contributed by atoms with Crippen LogP contribution in [0, 0.1) is 0 Å². The van der Waals surface area contributed by atoms with Crippen LogP contribution >= 0.6 is 0 Å². The van der Waals surface area contributed by atoms with Gasteiger partial charge in [0, 0.05) is 7.05 Å². The molecule has 3 heteroatoms. The molecule has 9 heavy (non-hydrogen) atoms. The summed E-state index contributed by atoms with van der Waals surface area (Å²) in [7, 11) is 1.75. The molecule has 51 valence electrons. The first-order valence-electron chi connectivity index (χ1n) is 3.18. The van der Waals surface area contributed by atoms with E-state index in [4.69, 9.17) is 0 Å². The van der Waals surface area contributed by atoms with E-state index in [-0.39, 0.29) is 6.17 Å². The lowest BCUT2D eigenvalue weighted by atomic mass is 10.3. The summed E-state index contributed by atoms with van der Waals surface area (Å²) in [5.74, 6) is 0. The highest BCUT2D eigenvalue weighted by molar-refractivity contribution is 5.48. The third kappa shape index (κ3) is 1.42. The topological polar surface area (TPSA) is 32.3 Å². The summed E-state index contributed by atoms with van der Waals surface area (Å²) in [4.78, 5) is 11.6. The van der Waals surface area contributed by atoms with Gasteiger partial charge in [-0.25, -0.2) is 0 Å². The highest BCUT2D eigenvalue weighted by atomic mass is 16.1. The number of hydrogen-bond acceptors (Lipinski definition) is 2. The van der Waals surface area contributed by atoms with Gasteiger partial charge in [0.15, 0.2) is 0 Å². The molecule has 1 rings (SSSR count). The van der Waals surface area contributed by atoms with Gasteiger partial charge >= 0.3 is 6.41 Å². The molecule has 3 nitrogen and oxygen atoms in total. The maximum absolute atomic E-state index is 10.1. The molecule has 1 saturated heterocycles. The molecule has 0 bridgehead atoms. The van der Waals surface area contributed by atoms with Crippen molar-refractivity contribution in [2.24, 2.45) is 0 Å². The van der Waals surface area contributed by atoms with Crippen LogP contribution in [0.1, 0.15) is 12.8 Å². The van der Waals surface area contributed by atoms with Crippen molar-refractivity contribution in [3.8, 4) is 0 Å². The lowest BCUT2D eigenvalue weighted by Crippen LogP contribution is -2.37. The lowest BCUT2D eigenvalue weighted by molar-refractivity contribution is 0.320. The Hall–Kier alpha value is -0.570. The van der Waals surface area contributed by atoms with Crippen molar-refractivity contribution in [1.29, 1.82) is 0 Å². The molecule has 0 aromatic carbocycles. The summed E-state index contributed by atoms with van der Waals surface area (Å²) >= 11 is 0. The summed E-state index contributed by atoms with van der Waals surface area (Å²) in [6, 6.07) is 0. The molecule has 1 heterocycles. The fourth-order valence-electron chi connectivity index (χ4n) is 1.06. The zero-order chi connectivity index (χ0) is 6.69. The van der Waals surface area contributed by atoms with Gasteiger partial charge in [-0.05, 0) is 19.4 Å². The minimum absolute atomic E-state index is 0.238. The van der Waals surface area contributed by atoms with Gasteiger partial charge in [0.1, 0.15) is 0 Å². The molecule has 0 aliphatic carbocycles. The van der Waals surface area contributed by atoms with E-state index in [1.54, 1.807) is 11.9 Å². The summed E-state index contributed by atoms with van der Waals surface area (Å²) in [6.07, 6.45) is 4.29. The number of hydrogen-bond donors (Lipinski definition) is 1. The quantitative estimate of drug-likeness (QED) is 0.516. The molecule has 1 aliphatic heterocycles. The number of carbonyl (C=O) groups excluding carboxylic acids is 1. The molecule has 1 aliphatic rings. The van der Waals surface area contributed by atoms with Crippen LogP contribution in [-0.4, -0.2) is 31.1 Å². The molecule has 0 aromatic rings. The second kappa shape index (κ2) is 2.82. The number of nitrogens with one attached hydrogen (secondary N) is 1. The van der Waals surface area contributed by atoms with Gasteiger partial charge in [0.2, 0.25) is 0 Å². The Morgan fingerprint density at radius 1 is 1.78 bits per heavy atom. The number of amides is 1. The second-order valence-corrected chi connectivity index (χ2v) is 2.31. The monoisotopic (exact) mass is 127 g/mol. The molecule has 1 radical (unpaired) electrons. The van der Waals surface area contributed by atoms with Crippen LogP contribution < -0.4 is 5.32 Å². The number of nitrogens with zero attached hydrogens (tertiary/aromatic N) is 1. The summed E-state index contributed by atoms with van der Waals surface area (Å²) in [6.45, 7) is 1.02. The van der Waals surface area contributed by atoms with Crippen LogP contribution in [0.25, 0.3) is 0 Å².